The van der Waals surface area contributed by atoms with Gasteiger partial charge in [0.05, 0.1) is 0 Å². The van der Waals surface area contributed by atoms with E-state index in [1.165, 1.54) is 18.0 Å². The topological polar surface area (TPSA) is 49.8 Å². The molecule has 0 atom stereocenters. The number of benzene rings is 2. The van der Waals surface area contributed by atoms with E-state index in [2.05, 4.69) is 20.6 Å². The van der Waals surface area contributed by atoms with Crippen LogP contribution < -0.4 is 10.6 Å². The molecule has 2 aromatic carbocycles. The van der Waals surface area contributed by atoms with Crippen LogP contribution in [0.15, 0.2) is 60.9 Å². The van der Waals surface area contributed by atoms with Crippen LogP contribution in [0.25, 0.3) is 0 Å². The number of anilines is 3. The maximum atomic E-state index is 13.6. The number of nitrogens with one attached hydrogen (secondary N) is 2. The quantitative estimate of drug-likeness (QED) is 0.738. The van der Waals surface area contributed by atoms with Gasteiger partial charge >= 0.3 is 0 Å². The fourth-order valence-corrected chi connectivity index (χ4v) is 2.13. The van der Waals surface area contributed by atoms with Gasteiger partial charge in [0, 0.05) is 23.9 Å². The van der Waals surface area contributed by atoms with E-state index in [4.69, 9.17) is 0 Å². The molecule has 0 aliphatic carbocycles. The van der Waals surface area contributed by atoms with Crippen LogP contribution in [-0.4, -0.2) is 9.97 Å². The number of halogens is 1. The van der Waals surface area contributed by atoms with Gasteiger partial charge in [0.15, 0.2) is 0 Å². The molecule has 0 saturated heterocycles. The van der Waals surface area contributed by atoms with E-state index in [1.54, 1.807) is 18.2 Å². The first kappa shape index (κ1) is 15.0. The minimum absolute atomic E-state index is 0.230. The minimum atomic E-state index is -0.230. The van der Waals surface area contributed by atoms with Crippen LogP contribution >= 0.6 is 0 Å². The Kier molecular flexibility index (Phi) is 4.47. The molecule has 0 radical (unpaired) electrons. The molecule has 0 aliphatic rings. The Morgan fingerprint density at radius 3 is 2.48 bits per heavy atom. The summed E-state index contributed by atoms with van der Waals surface area (Å²) in [7, 11) is 0. The highest BCUT2D eigenvalue weighted by Gasteiger charge is 2.03. The normalized spacial score (nSPS) is 10.3. The highest BCUT2D eigenvalue weighted by atomic mass is 19.1. The molecular weight excluding hydrogens is 291 g/mol. The SMILES string of the molecule is Cc1ccc(Nc2cc(NCc3ccccc3F)ncn2)cc1. The molecule has 3 aromatic rings. The summed E-state index contributed by atoms with van der Waals surface area (Å²) in [5.74, 6) is 1.09. The highest BCUT2D eigenvalue weighted by molar-refractivity contribution is 5.59. The Hall–Kier alpha value is -2.95. The zero-order chi connectivity index (χ0) is 16.1. The van der Waals surface area contributed by atoms with Crippen LogP contribution in [0.2, 0.25) is 0 Å². The van der Waals surface area contributed by atoms with Gasteiger partial charge in [-0.25, -0.2) is 14.4 Å². The van der Waals surface area contributed by atoms with Gasteiger partial charge in [-0.2, -0.15) is 0 Å². The Bertz CT molecular complexity index is 787. The first-order valence-electron chi connectivity index (χ1n) is 7.34. The Balaban J connectivity index is 1.67. The van der Waals surface area contributed by atoms with Crippen LogP contribution in [0.3, 0.4) is 0 Å². The van der Waals surface area contributed by atoms with Crippen molar-refractivity contribution in [3.8, 4) is 0 Å². The second-order valence-electron chi connectivity index (χ2n) is 5.22. The van der Waals surface area contributed by atoms with Gasteiger partial charge in [-0.05, 0) is 25.1 Å². The van der Waals surface area contributed by atoms with Crippen molar-refractivity contribution < 1.29 is 4.39 Å². The van der Waals surface area contributed by atoms with Crippen LogP contribution in [0.4, 0.5) is 21.7 Å². The summed E-state index contributed by atoms with van der Waals surface area (Å²) in [5.41, 5.74) is 2.75. The summed E-state index contributed by atoms with van der Waals surface area (Å²) in [6, 6.07) is 16.5. The zero-order valence-corrected chi connectivity index (χ0v) is 12.8. The lowest BCUT2D eigenvalue weighted by Crippen LogP contribution is -2.04. The lowest BCUT2D eigenvalue weighted by molar-refractivity contribution is 0.613. The van der Waals surface area contributed by atoms with Crippen LogP contribution in [0.1, 0.15) is 11.1 Å². The Morgan fingerprint density at radius 1 is 0.957 bits per heavy atom. The average Bonchev–Trinajstić information content (AvgIpc) is 2.57. The number of aryl methyl sites for hydroxylation is 1. The van der Waals surface area contributed by atoms with Gasteiger partial charge in [-0.3, -0.25) is 0 Å². The maximum absolute atomic E-state index is 13.6. The molecule has 0 bridgehead atoms. The van der Waals surface area contributed by atoms with Gasteiger partial charge in [0.2, 0.25) is 0 Å². The molecule has 0 amide bonds. The summed E-state index contributed by atoms with van der Waals surface area (Å²) in [4.78, 5) is 8.35. The van der Waals surface area contributed by atoms with Crippen molar-refractivity contribution in [3.05, 3.63) is 77.9 Å². The predicted molar refractivity (Wildman–Crippen MR) is 90.2 cm³/mol. The summed E-state index contributed by atoms with van der Waals surface area (Å²) in [6.45, 7) is 2.41. The number of nitrogens with zero attached hydrogens (tertiary/aromatic N) is 2. The number of aromatic nitrogens is 2. The number of rotatable bonds is 5. The molecule has 23 heavy (non-hydrogen) atoms. The predicted octanol–water partition coefficient (Wildman–Crippen LogP) is 4.28. The second kappa shape index (κ2) is 6.87. The average molecular weight is 308 g/mol. The Morgan fingerprint density at radius 2 is 1.70 bits per heavy atom. The third-order valence-electron chi connectivity index (χ3n) is 3.41. The lowest BCUT2D eigenvalue weighted by atomic mass is 10.2. The van der Waals surface area contributed by atoms with Crippen molar-refractivity contribution in [3.63, 3.8) is 0 Å². The molecule has 0 unspecified atom stereocenters. The summed E-state index contributed by atoms with van der Waals surface area (Å²) in [6.07, 6.45) is 1.47. The highest BCUT2D eigenvalue weighted by Crippen LogP contribution is 2.17. The molecule has 0 aliphatic heterocycles. The molecule has 1 heterocycles. The fourth-order valence-electron chi connectivity index (χ4n) is 2.13. The van der Waals surface area contributed by atoms with Crippen molar-refractivity contribution in [2.75, 3.05) is 10.6 Å². The van der Waals surface area contributed by atoms with Crippen molar-refractivity contribution in [2.45, 2.75) is 13.5 Å². The zero-order valence-electron chi connectivity index (χ0n) is 12.8. The first-order valence-corrected chi connectivity index (χ1v) is 7.34. The van der Waals surface area contributed by atoms with E-state index in [0.29, 0.717) is 23.7 Å². The van der Waals surface area contributed by atoms with Crippen molar-refractivity contribution >= 4 is 17.3 Å². The molecule has 116 valence electrons. The molecule has 2 N–H and O–H groups in total. The number of hydrogen-bond acceptors (Lipinski definition) is 4. The molecule has 5 heteroatoms. The molecule has 0 fully saturated rings. The van der Waals surface area contributed by atoms with Crippen molar-refractivity contribution in [1.82, 2.24) is 9.97 Å². The fraction of sp³-hybridized carbons (Fsp3) is 0.111. The van der Waals surface area contributed by atoms with Crippen molar-refractivity contribution in [1.29, 1.82) is 0 Å². The standard InChI is InChI=1S/C18H17FN4/c1-13-6-8-15(9-7-13)23-18-10-17(21-12-22-18)20-11-14-4-2-3-5-16(14)19/h2-10,12H,11H2,1H3,(H2,20,21,22,23). The van der Waals surface area contributed by atoms with Crippen molar-refractivity contribution in [2.24, 2.45) is 0 Å². The summed E-state index contributed by atoms with van der Waals surface area (Å²) in [5, 5.41) is 6.32. The van der Waals surface area contributed by atoms with E-state index in [0.717, 1.165) is 5.69 Å². The molecular formula is C18H17FN4. The van der Waals surface area contributed by atoms with Crippen LogP contribution in [0, 0.1) is 12.7 Å². The second-order valence-corrected chi connectivity index (χ2v) is 5.22. The molecule has 0 spiro atoms. The monoisotopic (exact) mass is 308 g/mol. The summed E-state index contributed by atoms with van der Waals surface area (Å²) >= 11 is 0. The van der Waals surface area contributed by atoms with E-state index in [-0.39, 0.29) is 5.82 Å². The smallest absolute Gasteiger partial charge is 0.135 e. The minimum Gasteiger partial charge on any atom is -0.366 e. The third kappa shape index (κ3) is 4.03. The maximum Gasteiger partial charge on any atom is 0.135 e. The van der Waals surface area contributed by atoms with E-state index in [9.17, 15) is 4.39 Å². The Labute approximate surface area is 134 Å². The first-order chi connectivity index (χ1) is 11.2. The van der Waals surface area contributed by atoms with Gasteiger partial charge in [-0.1, -0.05) is 35.9 Å². The number of hydrogen-bond donors (Lipinski definition) is 2. The van der Waals surface area contributed by atoms with Gasteiger partial charge < -0.3 is 10.6 Å². The largest absolute Gasteiger partial charge is 0.366 e. The molecule has 1 aromatic heterocycles. The van der Waals surface area contributed by atoms with Gasteiger partial charge in [0.1, 0.15) is 23.8 Å². The van der Waals surface area contributed by atoms with Gasteiger partial charge in [0.25, 0.3) is 0 Å². The third-order valence-corrected chi connectivity index (χ3v) is 3.41. The van der Waals surface area contributed by atoms with E-state index in [1.807, 2.05) is 37.3 Å². The summed E-state index contributed by atoms with van der Waals surface area (Å²) < 4.78 is 13.6. The van der Waals surface area contributed by atoms with Crippen LogP contribution in [0.5, 0.6) is 0 Å². The van der Waals surface area contributed by atoms with Crippen LogP contribution in [-0.2, 0) is 6.54 Å². The van der Waals surface area contributed by atoms with E-state index >= 15 is 0 Å². The van der Waals surface area contributed by atoms with Gasteiger partial charge in [-0.15, -0.1) is 0 Å². The van der Waals surface area contributed by atoms with E-state index < -0.39 is 0 Å². The lowest BCUT2D eigenvalue weighted by Gasteiger charge is -2.09. The molecule has 0 saturated carbocycles. The molecule has 4 nitrogen and oxygen atoms in total. The molecule has 3 rings (SSSR count).